The van der Waals surface area contributed by atoms with E-state index in [0.717, 1.165) is 16.8 Å². The summed E-state index contributed by atoms with van der Waals surface area (Å²) in [6, 6.07) is 4.07. The summed E-state index contributed by atoms with van der Waals surface area (Å²) in [5.74, 6) is -2.19. The van der Waals surface area contributed by atoms with Gasteiger partial charge in [-0.2, -0.15) is 13.2 Å². The predicted octanol–water partition coefficient (Wildman–Crippen LogP) is 4.59. The average molecular weight is 516 g/mol. The Bertz CT molecular complexity index is 1210. The van der Waals surface area contributed by atoms with E-state index in [4.69, 9.17) is 11.6 Å². The molecular weight excluding hydrogens is 497 g/mol. The second-order valence-electron chi connectivity index (χ2n) is 8.24. The van der Waals surface area contributed by atoms with Gasteiger partial charge in [-0.3, -0.25) is 4.79 Å². The molecule has 1 aliphatic carbocycles. The van der Waals surface area contributed by atoms with Crippen LogP contribution in [0.2, 0.25) is 5.02 Å². The van der Waals surface area contributed by atoms with Gasteiger partial charge in [-0.1, -0.05) is 28.9 Å². The number of aromatic nitrogens is 4. The highest BCUT2D eigenvalue weighted by Gasteiger charge is 2.43. The van der Waals surface area contributed by atoms with Gasteiger partial charge in [0.2, 0.25) is 0 Å². The molecule has 1 saturated carbocycles. The number of amides is 1. The maximum absolute atomic E-state index is 14.2. The number of hydrogen-bond acceptors (Lipinski definition) is 5. The fourth-order valence-corrected chi connectivity index (χ4v) is 4.34. The molecule has 13 heteroatoms. The molecule has 3 aromatic rings. The molecule has 0 bridgehead atoms. The minimum Gasteiger partial charge on any atom is -0.387 e. The molecule has 1 fully saturated rings. The predicted molar refractivity (Wildman–Crippen MR) is 114 cm³/mol. The summed E-state index contributed by atoms with van der Waals surface area (Å²) >= 11 is 6.14. The first-order chi connectivity index (χ1) is 16.5. The summed E-state index contributed by atoms with van der Waals surface area (Å²) in [6.45, 7) is 0. The molecule has 186 valence electrons. The molecule has 1 atom stereocenters. The van der Waals surface area contributed by atoms with Crippen LogP contribution in [-0.4, -0.2) is 42.8 Å². The van der Waals surface area contributed by atoms with Crippen molar-refractivity contribution in [1.29, 1.82) is 0 Å². The summed E-state index contributed by atoms with van der Waals surface area (Å²) in [5.41, 5.74) is -3.22. The SMILES string of the molecule is O=C(NC(c1cccc(F)c1Cl)[C@]1(O)CC[C@@H](F)CC1)c1ccc(C(F)(F)F)nc1-n1ccnn1. The zero-order valence-electron chi connectivity index (χ0n) is 17.9. The van der Waals surface area contributed by atoms with Crippen molar-refractivity contribution in [3.05, 3.63) is 70.4 Å². The quantitative estimate of drug-likeness (QED) is 0.485. The van der Waals surface area contributed by atoms with Crippen molar-refractivity contribution in [3.63, 3.8) is 0 Å². The number of nitrogens with zero attached hydrogens (tertiary/aromatic N) is 4. The number of rotatable bonds is 5. The molecule has 2 N–H and O–H groups in total. The van der Waals surface area contributed by atoms with E-state index in [0.29, 0.717) is 6.07 Å². The molecule has 2 heterocycles. The third kappa shape index (κ3) is 5.13. The Morgan fingerprint density at radius 1 is 1.23 bits per heavy atom. The highest BCUT2D eigenvalue weighted by molar-refractivity contribution is 6.31. The van der Waals surface area contributed by atoms with Gasteiger partial charge in [0.25, 0.3) is 5.91 Å². The largest absolute Gasteiger partial charge is 0.433 e. The van der Waals surface area contributed by atoms with E-state index in [1.165, 1.54) is 24.5 Å². The van der Waals surface area contributed by atoms with Gasteiger partial charge in [0.1, 0.15) is 17.7 Å². The van der Waals surface area contributed by atoms with Crippen LogP contribution in [0.25, 0.3) is 5.82 Å². The van der Waals surface area contributed by atoms with E-state index < -0.39 is 47.2 Å². The molecule has 2 aromatic heterocycles. The van der Waals surface area contributed by atoms with Gasteiger partial charge < -0.3 is 10.4 Å². The van der Waals surface area contributed by atoms with Crippen LogP contribution in [0.4, 0.5) is 22.0 Å². The van der Waals surface area contributed by atoms with Crippen LogP contribution >= 0.6 is 11.6 Å². The van der Waals surface area contributed by atoms with Crippen LogP contribution in [0.5, 0.6) is 0 Å². The lowest BCUT2D eigenvalue weighted by molar-refractivity contribution is -0.141. The Morgan fingerprint density at radius 3 is 2.57 bits per heavy atom. The second kappa shape index (κ2) is 9.50. The number of alkyl halides is 4. The average Bonchev–Trinajstić information content (AvgIpc) is 3.35. The lowest BCUT2D eigenvalue weighted by Crippen LogP contribution is -2.49. The van der Waals surface area contributed by atoms with Crippen molar-refractivity contribution < 1.29 is 31.9 Å². The van der Waals surface area contributed by atoms with Gasteiger partial charge in [-0.25, -0.2) is 18.4 Å². The molecular formula is C22H19ClF5N5O2. The van der Waals surface area contributed by atoms with Crippen molar-refractivity contribution in [1.82, 2.24) is 25.3 Å². The van der Waals surface area contributed by atoms with Crippen molar-refractivity contribution in [2.45, 2.75) is 49.7 Å². The molecule has 4 rings (SSSR count). The molecule has 0 saturated heterocycles. The van der Waals surface area contributed by atoms with Crippen LogP contribution < -0.4 is 5.32 Å². The smallest absolute Gasteiger partial charge is 0.387 e. The monoisotopic (exact) mass is 515 g/mol. The number of halogens is 6. The van der Waals surface area contributed by atoms with E-state index in [-0.39, 0.29) is 41.8 Å². The van der Waals surface area contributed by atoms with Gasteiger partial charge in [0.05, 0.1) is 34.6 Å². The van der Waals surface area contributed by atoms with Gasteiger partial charge in [-0.15, -0.1) is 5.10 Å². The highest BCUT2D eigenvalue weighted by Crippen LogP contribution is 2.42. The van der Waals surface area contributed by atoms with E-state index in [1.807, 2.05) is 0 Å². The van der Waals surface area contributed by atoms with Crippen molar-refractivity contribution in [2.75, 3.05) is 0 Å². The third-order valence-corrected chi connectivity index (χ3v) is 6.33. The summed E-state index contributed by atoms with van der Waals surface area (Å²) in [5, 5.41) is 20.7. The van der Waals surface area contributed by atoms with Crippen molar-refractivity contribution >= 4 is 17.5 Å². The second-order valence-corrected chi connectivity index (χ2v) is 8.62. The molecule has 7 nitrogen and oxygen atoms in total. The van der Waals surface area contributed by atoms with Gasteiger partial charge in [0, 0.05) is 0 Å². The molecule has 35 heavy (non-hydrogen) atoms. The molecule has 0 spiro atoms. The van der Waals surface area contributed by atoms with E-state index in [9.17, 15) is 31.9 Å². The molecule has 1 amide bonds. The Labute approximate surface area is 200 Å². The van der Waals surface area contributed by atoms with Crippen LogP contribution in [0.3, 0.4) is 0 Å². The number of carbonyl (C=O) groups excluding carboxylic acids is 1. The first-order valence-corrected chi connectivity index (χ1v) is 10.9. The lowest BCUT2D eigenvalue weighted by Gasteiger charge is -2.41. The summed E-state index contributed by atoms with van der Waals surface area (Å²) < 4.78 is 68.7. The molecule has 0 radical (unpaired) electrons. The van der Waals surface area contributed by atoms with Gasteiger partial charge >= 0.3 is 6.18 Å². The number of aliphatic hydroxyl groups is 1. The zero-order valence-corrected chi connectivity index (χ0v) is 18.7. The number of benzene rings is 1. The lowest BCUT2D eigenvalue weighted by atomic mass is 9.76. The molecule has 1 aromatic carbocycles. The minimum atomic E-state index is -4.79. The van der Waals surface area contributed by atoms with Crippen LogP contribution in [0, 0.1) is 5.82 Å². The summed E-state index contributed by atoms with van der Waals surface area (Å²) in [6.07, 6.45) is -3.66. The maximum Gasteiger partial charge on any atom is 0.433 e. The Kier molecular flexibility index (Phi) is 6.78. The number of nitrogens with one attached hydrogen (secondary N) is 1. The standard InChI is InChI=1S/C22H19ClF5N5O2/c23-17-13(2-1-3-15(17)25)18(21(35)8-6-12(24)7-9-21)31-20(34)14-4-5-16(22(26,27)28)30-19(14)33-11-10-29-32-33/h1-5,10-12,18,35H,6-9H2,(H,31,34)/t12-,18?,21+. The van der Waals surface area contributed by atoms with Gasteiger partial charge in [0.15, 0.2) is 5.82 Å². The zero-order chi connectivity index (χ0) is 25.4. The first kappa shape index (κ1) is 25.0. The number of hydrogen-bond donors (Lipinski definition) is 2. The summed E-state index contributed by atoms with van der Waals surface area (Å²) in [7, 11) is 0. The minimum absolute atomic E-state index is 0.00183. The Hall–Kier alpha value is -3.12. The first-order valence-electron chi connectivity index (χ1n) is 10.6. The maximum atomic E-state index is 14.2. The molecule has 1 aliphatic rings. The van der Waals surface area contributed by atoms with Gasteiger partial charge in [-0.05, 0) is 49.4 Å². The van der Waals surface area contributed by atoms with E-state index >= 15 is 0 Å². The molecule has 1 unspecified atom stereocenters. The number of carbonyl (C=O) groups is 1. The highest BCUT2D eigenvalue weighted by atomic mass is 35.5. The van der Waals surface area contributed by atoms with Crippen LogP contribution in [0.15, 0.2) is 42.7 Å². The van der Waals surface area contributed by atoms with E-state index in [1.54, 1.807) is 0 Å². The van der Waals surface area contributed by atoms with Crippen LogP contribution in [-0.2, 0) is 6.18 Å². The summed E-state index contributed by atoms with van der Waals surface area (Å²) in [4.78, 5) is 16.9. The van der Waals surface area contributed by atoms with E-state index in [2.05, 4.69) is 20.6 Å². The third-order valence-electron chi connectivity index (χ3n) is 5.94. The Balaban J connectivity index is 1.77. The fourth-order valence-electron chi connectivity index (χ4n) is 4.10. The van der Waals surface area contributed by atoms with Crippen molar-refractivity contribution in [2.24, 2.45) is 0 Å². The van der Waals surface area contributed by atoms with Crippen LogP contribution in [0.1, 0.15) is 53.3 Å². The topological polar surface area (TPSA) is 92.9 Å². The molecule has 0 aliphatic heterocycles. The normalized spacial score (nSPS) is 21.5. The fraction of sp³-hybridized carbons (Fsp3) is 0.364. The Morgan fingerprint density at radius 2 is 1.94 bits per heavy atom. The van der Waals surface area contributed by atoms with Crippen molar-refractivity contribution in [3.8, 4) is 5.82 Å². The number of pyridine rings is 1.